The molecule has 104 valence electrons. The van der Waals surface area contributed by atoms with Crippen LogP contribution in [0, 0.1) is 11.3 Å². The predicted octanol–water partition coefficient (Wildman–Crippen LogP) is 2.16. The summed E-state index contributed by atoms with van der Waals surface area (Å²) in [5, 5.41) is 19.6. The number of urea groups is 1. The highest BCUT2D eigenvalue weighted by Crippen LogP contribution is 2.11. The zero-order valence-electron chi connectivity index (χ0n) is 11.0. The monoisotopic (exact) mass is 273 g/mol. The summed E-state index contributed by atoms with van der Waals surface area (Å²) in [5.74, 6) is -1.01. The van der Waals surface area contributed by atoms with E-state index in [1.54, 1.807) is 31.3 Å². The fourth-order valence-corrected chi connectivity index (χ4v) is 1.38. The van der Waals surface area contributed by atoms with Crippen LogP contribution in [0.5, 0.6) is 0 Å². The molecule has 0 spiro atoms. The van der Waals surface area contributed by atoms with Crippen molar-refractivity contribution in [1.29, 1.82) is 5.26 Å². The van der Waals surface area contributed by atoms with Crippen LogP contribution in [0.3, 0.4) is 0 Å². The second kappa shape index (κ2) is 7.59. The minimum absolute atomic E-state index is 0.281. The molecule has 0 radical (unpaired) electrons. The van der Waals surface area contributed by atoms with E-state index in [4.69, 9.17) is 10.4 Å². The molecule has 0 aromatic heterocycles. The molecule has 0 aliphatic rings. The van der Waals surface area contributed by atoms with Gasteiger partial charge >= 0.3 is 12.0 Å². The van der Waals surface area contributed by atoms with Gasteiger partial charge in [0.05, 0.1) is 12.5 Å². The summed E-state index contributed by atoms with van der Waals surface area (Å²) in [6.45, 7) is 0.363. The summed E-state index contributed by atoms with van der Waals surface area (Å²) in [7, 11) is 1.61. The molecule has 2 amide bonds. The van der Waals surface area contributed by atoms with Crippen LogP contribution in [-0.2, 0) is 4.79 Å². The molecule has 0 saturated heterocycles. The Morgan fingerprint density at radius 2 is 2.05 bits per heavy atom. The van der Waals surface area contributed by atoms with Crippen LogP contribution in [-0.4, -0.2) is 35.6 Å². The Hall–Kier alpha value is -2.81. The van der Waals surface area contributed by atoms with Crippen molar-refractivity contribution in [2.45, 2.75) is 6.42 Å². The third-order valence-electron chi connectivity index (χ3n) is 2.49. The number of benzene rings is 1. The molecule has 6 nitrogen and oxygen atoms in total. The number of hydrogen-bond donors (Lipinski definition) is 2. The number of carboxylic acids is 1. The molecule has 0 aliphatic heterocycles. The standard InChI is InChI=1S/C14H15N3O3/c1-17(10-2-9-15)14(20)16-12-6-3-11(4-7-12)5-8-13(18)19/h3-8H,2,10H2,1H3,(H,16,20)(H,18,19)/b8-5+. The van der Waals surface area contributed by atoms with Gasteiger partial charge in [0.15, 0.2) is 0 Å². The average Bonchev–Trinajstić information content (AvgIpc) is 2.43. The van der Waals surface area contributed by atoms with Crippen LogP contribution in [0.15, 0.2) is 30.3 Å². The van der Waals surface area contributed by atoms with Gasteiger partial charge in [-0.15, -0.1) is 0 Å². The van der Waals surface area contributed by atoms with Gasteiger partial charge in [-0.2, -0.15) is 5.26 Å². The molecule has 6 heteroatoms. The van der Waals surface area contributed by atoms with Crippen molar-refractivity contribution < 1.29 is 14.7 Å². The molecule has 0 unspecified atom stereocenters. The number of rotatable bonds is 5. The number of anilines is 1. The third-order valence-corrected chi connectivity index (χ3v) is 2.49. The molecule has 0 bridgehead atoms. The Balaban J connectivity index is 2.59. The van der Waals surface area contributed by atoms with Gasteiger partial charge in [-0.25, -0.2) is 9.59 Å². The third kappa shape index (κ3) is 5.23. The maximum absolute atomic E-state index is 11.7. The summed E-state index contributed by atoms with van der Waals surface area (Å²) >= 11 is 0. The van der Waals surface area contributed by atoms with E-state index in [-0.39, 0.29) is 12.5 Å². The number of nitrogens with zero attached hydrogens (tertiary/aromatic N) is 2. The number of carboxylic acid groups (broad SMARTS) is 1. The average molecular weight is 273 g/mol. The minimum atomic E-state index is -1.01. The van der Waals surface area contributed by atoms with Crippen LogP contribution in [0.1, 0.15) is 12.0 Å². The minimum Gasteiger partial charge on any atom is -0.478 e. The summed E-state index contributed by atoms with van der Waals surface area (Å²) < 4.78 is 0. The summed E-state index contributed by atoms with van der Waals surface area (Å²) in [6, 6.07) is 8.43. The number of aliphatic carboxylic acids is 1. The normalized spacial score (nSPS) is 10.0. The van der Waals surface area contributed by atoms with Gasteiger partial charge in [-0.3, -0.25) is 0 Å². The Morgan fingerprint density at radius 1 is 1.40 bits per heavy atom. The lowest BCUT2D eigenvalue weighted by atomic mass is 10.2. The first-order valence-electron chi connectivity index (χ1n) is 5.93. The molecule has 0 fully saturated rings. The van der Waals surface area contributed by atoms with E-state index in [1.807, 2.05) is 6.07 Å². The van der Waals surface area contributed by atoms with Gasteiger partial charge < -0.3 is 15.3 Å². The van der Waals surface area contributed by atoms with Gasteiger partial charge in [0, 0.05) is 25.4 Å². The topological polar surface area (TPSA) is 93.4 Å². The fraction of sp³-hybridized carbons (Fsp3) is 0.214. The van der Waals surface area contributed by atoms with Crippen LogP contribution >= 0.6 is 0 Å². The van der Waals surface area contributed by atoms with E-state index in [0.717, 1.165) is 11.6 Å². The smallest absolute Gasteiger partial charge is 0.328 e. The van der Waals surface area contributed by atoms with Crippen molar-refractivity contribution in [3.05, 3.63) is 35.9 Å². The molecule has 2 N–H and O–H groups in total. The Bertz CT molecular complexity index is 544. The van der Waals surface area contributed by atoms with Gasteiger partial charge in [0.25, 0.3) is 0 Å². The van der Waals surface area contributed by atoms with E-state index in [9.17, 15) is 9.59 Å². The van der Waals surface area contributed by atoms with Crippen molar-refractivity contribution in [3.8, 4) is 6.07 Å². The molecular weight excluding hydrogens is 258 g/mol. The maximum Gasteiger partial charge on any atom is 0.328 e. The van der Waals surface area contributed by atoms with Crippen LogP contribution in [0.4, 0.5) is 10.5 Å². The zero-order valence-corrected chi connectivity index (χ0v) is 11.0. The first-order valence-corrected chi connectivity index (χ1v) is 5.93. The highest BCUT2D eigenvalue weighted by Gasteiger charge is 2.07. The van der Waals surface area contributed by atoms with Gasteiger partial charge in [-0.1, -0.05) is 12.1 Å². The van der Waals surface area contributed by atoms with Gasteiger partial charge in [-0.05, 0) is 23.8 Å². The molecule has 0 atom stereocenters. The molecule has 1 aromatic carbocycles. The molecule has 1 rings (SSSR count). The van der Waals surface area contributed by atoms with Crippen molar-refractivity contribution in [2.24, 2.45) is 0 Å². The first kappa shape index (κ1) is 15.2. The van der Waals surface area contributed by atoms with Gasteiger partial charge in [0.1, 0.15) is 0 Å². The van der Waals surface area contributed by atoms with E-state index in [1.165, 1.54) is 11.0 Å². The fourth-order valence-electron chi connectivity index (χ4n) is 1.38. The van der Waals surface area contributed by atoms with E-state index in [2.05, 4.69) is 5.32 Å². The lowest BCUT2D eigenvalue weighted by Gasteiger charge is -2.16. The lowest BCUT2D eigenvalue weighted by Crippen LogP contribution is -2.31. The Morgan fingerprint density at radius 3 is 2.60 bits per heavy atom. The Labute approximate surface area is 116 Å². The molecule has 0 heterocycles. The quantitative estimate of drug-likeness (QED) is 0.804. The largest absolute Gasteiger partial charge is 0.478 e. The highest BCUT2D eigenvalue weighted by molar-refractivity contribution is 5.89. The van der Waals surface area contributed by atoms with E-state index < -0.39 is 5.97 Å². The number of amides is 2. The molecule has 0 aliphatic carbocycles. The second-order valence-corrected chi connectivity index (χ2v) is 4.05. The highest BCUT2D eigenvalue weighted by atomic mass is 16.4. The summed E-state index contributed by atoms with van der Waals surface area (Å²) in [6.07, 6.45) is 2.79. The van der Waals surface area contributed by atoms with E-state index in [0.29, 0.717) is 12.2 Å². The SMILES string of the molecule is CN(CCC#N)C(=O)Nc1ccc(/C=C/C(=O)O)cc1. The first-order chi connectivity index (χ1) is 9.52. The van der Waals surface area contributed by atoms with Crippen molar-refractivity contribution in [2.75, 3.05) is 18.9 Å². The number of carbonyl (C=O) groups is 2. The second-order valence-electron chi connectivity index (χ2n) is 4.05. The maximum atomic E-state index is 11.7. The molecule has 1 aromatic rings. The Kier molecular flexibility index (Phi) is 5.78. The van der Waals surface area contributed by atoms with E-state index >= 15 is 0 Å². The van der Waals surface area contributed by atoms with Crippen molar-refractivity contribution in [3.63, 3.8) is 0 Å². The summed E-state index contributed by atoms with van der Waals surface area (Å²) in [5.41, 5.74) is 1.33. The zero-order chi connectivity index (χ0) is 15.0. The molecule has 20 heavy (non-hydrogen) atoms. The van der Waals surface area contributed by atoms with Crippen molar-refractivity contribution >= 4 is 23.8 Å². The number of carbonyl (C=O) groups excluding carboxylic acids is 1. The van der Waals surface area contributed by atoms with Gasteiger partial charge in [0.2, 0.25) is 0 Å². The molecule has 0 saturated carbocycles. The number of nitrogens with one attached hydrogen (secondary N) is 1. The van der Waals surface area contributed by atoms with Crippen LogP contribution in [0.25, 0.3) is 6.08 Å². The van der Waals surface area contributed by atoms with Crippen LogP contribution < -0.4 is 5.32 Å². The summed E-state index contributed by atoms with van der Waals surface area (Å²) in [4.78, 5) is 23.5. The van der Waals surface area contributed by atoms with Crippen LogP contribution in [0.2, 0.25) is 0 Å². The predicted molar refractivity (Wildman–Crippen MR) is 75.0 cm³/mol. The lowest BCUT2D eigenvalue weighted by molar-refractivity contribution is -0.131. The number of nitriles is 1. The number of hydrogen-bond acceptors (Lipinski definition) is 3. The molecular formula is C14H15N3O3. The van der Waals surface area contributed by atoms with Crippen molar-refractivity contribution in [1.82, 2.24) is 4.90 Å².